The minimum absolute atomic E-state index is 0.0256. The number of rotatable bonds is 5. The van der Waals surface area contributed by atoms with Crippen LogP contribution in [0.3, 0.4) is 0 Å². The van der Waals surface area contributed by atoms with Crippen LogP contribution in [0.2, 0.25) is 0 Å². The molecular formula is C21H31N3O2. The molecule has 0 bridgehead atoms. The number of benzene rings is 1. The van der Waals surface area contributed by atoms with E-state index in [1.54, 1.807) is 0 Å². The van der Waals surface area contributed by atoms with Crippen LogP contribution in [0.4, 0.5) is 0 Å². The van der Waals surface area contributed by atoms with E-state index in [2.05, 4.69) is 10.6 Å². The molecule has 2 aliphatic heterocycles. The summed E-state index contributed by atoms with van der Waals surface area (Å²) in [5.74, 6) is 0.781. The largest absolute Gasteiger partial charge is 0.356 e. The van der Waals surface area contributed by atoms with Crippen molar-refractivity contribution in [1.82, 2.24) is 15.5 Å². The van der Waals surface area contributed by atoms with Crippen LogP contribution in [0.25, 0.3) is 0 Å². The van der Waals surface area contributed by atoms with E-state index in [-0.39, 0.29) is 11.8 Å². The summed E-state index contributed by atoms with van der Waals surface area (Å²) in [6.07, 6.45) is 5.21. The number of piperidine rings is 2. The lowest BCUT2D eigenvalue weighted by Crippen LogP contribution is -2.52. The van der Waals surface area contributed by atoms with Crippen molar-refractivity contribution in [2.75, 3.05) is 32.7 Å². The Morgan fingerprint density at radius 3 is 2.81 bits per heavy atom. The average molecular weight is 357 g/mol. The summed E-state index contributed by atoms with van der Waals surface area (Å²) >= 11 is 0. The molecule has 0 saturated carbocycles. The monoisotopic (exact) mass is 357 g/mol. The van der Waals surface area contributed by atoms with E-state index in [4.69, 9.17) is 0 Å². The number of nitrogens with one attached hydrogen (secondary N) is 2. The van der Waals surface area contributed by atoms with E-state index >= 15 is 0 Å². The fraction of sp³-hybridized carbons (Fsp3) is 0.619. The molecule has 2 fully saturated rings. The van der Waals surface area contributed by atoms with Crippen molar-refractivity contribution < 1.29 is 9.59 Å². The number of hydrogen-bond donors (Lipinski definition) is 2. The first-order valence-electron chi connectivity index (χ1n) is 9.92. The fourth-order valence-electron chi connectivity index (χ4n) is 4.14. The van der Waals surface area contributed by atoms with Crippen LogP contribution in [-0.4, -0.2) is 49.4 Å². The summed E-state index contributed by atoms with van der Waals surface area (Å²) in [5, 5.41) is 6.56. The summed E-state index contributed by atoms with van der Waals surface area (Å²) in [7, 11) is 0. The molecule has 0 aliphatic carbocycles. The molecule has 1 aromatic carbocycles. The lowest BCUT2D eigenvalue weighted by molar-refractivity contribution is -0.132. The second-order valence-electron chi connectivity index (χ2n) is 8.01. The predicted octanol–water partition coefficient (Wildman–Crippen LogP) is 2.43. The van der Waals surface area contributed by atoms with Crippen LogP contribution in [0.15, 0.2) is 30.3 Å². The minimum atomic E-state index is -0.493. The van der Waals surface area contributed by atoms with Gasteiger partial charge in [-0.25, -0.2) is 0 Å². The van der Waals surface area contributed by atoms with Gasteiger partial charge in [0.2, 0.25) is 5.91 Å². The molecule has 142 valence electrons. The first-order chi connectivity index (χ1) is 12.6. The summed E-state index contributed by atoms with van der Waals surface area (Å²) in [6, 6.07) is 9.35. The van der Waals surface area contributed by atoms with Gasteiger partial charge in [-0.1, -0.05) is 18.2 Å². The Hall–Kier alpha value is -1.88. The summed E-state index contributed by atoms with van der Waals surface area (Å²) < 4.78 is 0. The molecule has 2 aliphatic rings. The van der Waals surface area contributed by atoms with E-state index < -0.39 is 5.41 Å². The van der Waals surface area contributed by atoms with Crippen molar-refractivity contribution in [2.45, 2.75) is 39.0 Å². The maximum atomic E-state index is 12.8. The zero-order chi connectivity index (χ0) is 18.4. The highest BCUT2D eigenvalue weighted by Crippen LogP contribution is 2.30. The number of hydrogen-bond acceptors (Lipinski definition) is 3. The Morgan fingerprint density at radius 1 is 1.27 bits per heavy atom. The molecule has 2 saturated heterocycles. The Balaban J connectivity index is 1.52. The third kappa shape index (κ3) is 4.64. The third-order valence-electron chi connectivity index (χ3n) is 5.79. The van der Waals surface area contributed by atoms with Crippen molar-refractivity contribution in [1.29, 1.82) is 0 Å². The minimum Gasteiger partial charge on any atom is -0.356 e. The van der Waals surface area contributed by atoms with Gasteiger partial charge in [0.15, 0.2) is 0 Å². The zero-order valence-corrected chi connectivity index (χ0v) is 15.8. The normalized spacial score (nSPS) is 26.3. The van der Waals surface area contributed by atoms with Crippen LogP contribution < -0.4 is 10.6 Å². The van der Waals surface area contributed by atoms with E-state index in [0.717, 1.165) is 45.4 Å². The highest BCUT2D eigenvalue weighted by Gasteiger charge is 2.39. The van der Waals surface area contributed by atoms with Crippen molar-refractivity contribution in [3.05, 3.63) is 35.9 Å². The maximum absolute atomic E-state index is 12.8. The van der Waals surface area contributed by atoms with Crippen LogP contribution in [0, 0.1) is 11.3 Å². The Labute approximate surface area is 156 Å². The molecule has 2 unspecified atom stereocenters. The van der Waals surface area contributed by atoms with Crippen molar-refractivity contribution in [3.63, 3.8) is 0 Å². The topological polar surface area (TPSA) is 61.4 Å². The van der Waals surface area contributed by atoms with Crippen LogP contribution >= 0.6 is 0 Å². The lowest BCUT2D eigenvalue weighted by atomic mass is 9.80. The highest BCUT2D eigenvalue weighted by molar-refractivity contribution is 5.95. The van der Waals surface area contributed by atoms with Crippen molar-refractivity contribution in [3.8, 4) is 0 Å². The van der Waals surface area contributed by atoms with E-state index in [1.165, 1.54) is 12.8 Å². The summed E-state index contributed by atoms with van der Waals surface area (Å²) in [4.78, 5) is 27.4. The lowest BCUT2D eigenvalue weighted by Gasteiger charge is -2.39. The molecular weight excluding hydrogens is 326 g/mol. The number of likely N-dealkylation sites (tertiary alicyclic amines) is 1. The molecule has 2 heterocycles. The van der Waals surface area contributed by atoms with Gasteiger partial charge in [0.05, 0.1) is 5.41 Å². The molecule has 5 nitrogen and oxygen atoms in total. The van der Waals surface area contributed by atoms with Gasteiger partial charge in [-0.15, -0.1) is 0 Å². The first kappa shape index (κ1) is 18.9. The van der Waals surface area contributed by atoms with E-state index in [9.17, 15) is 9.59 Å². The molecule has 26 heavy (non-hydrogen) atoms. The molecule has 3 rings (SSSR count). The second kappa shape index (κ2) is 8.67. The standard InChI is InChI=1S/C21H31N3O2/c1-21(20(26)23-13-10-17-7-5-12-22-15-17)11-6-14-24(16-21)19(25)18-8-3-2-4-9-18/h2-4,8-9,17,22H,5-7,10-16H2,1H3,(H,23,26). The van der Waals surface area contributed by atoms with Gasteiger partial charge in [-0.2, -0.15) is 0 Å². The van der Waals surface area contributed by atoms with Crippen molar-refractivity contribution in [2.24, 2.45) is 11.3 Å². The first-order valence-corrected chi connectivity index (χ1v) is 9.92. The quantitative estimate of drug-likeness (QED) is 0.851. The van der Waals surface area contributed by atoms with Gasteiger partial charge in [0.25, 0.3) is 5.91 Å². The summed E-state index contributed by atoms with van der Waals surface area (Å²) in [6.45, 7) is 6.13. The van der Waals surface area contributed by atoms with Crippen molar-refractivity contribution >= 4 is 11.8 Å². The molecule has 0 radical (unpaired) electrons. The molecule has 1 aromatic rings. The number of carbonyl (C=O) groups excluding carboxylic acids is 2. The van der Waals surface area contributed by atoms with Gasteiger partial charge in [-0.3, -0.25) is 9.59 Å². The van der Waals surface area contributed by atoms with Gasteiger partial charge in [0.1, 0.15) is 0 Å². The zero-order valence-electron chi connectivity index (χ0n) is 15.8. The number of carbonyl (C=O) groups is 2. The average Bonchev–Trinajstić information content (AvgIpc) is 2.69. The van der Waals surface area contributed by atoms with E-state index in [0.29, 0.717) is 18.0 Å². The Morgan fingerprint density at radius 2 is 2.08 bits per heavy atom. The molecule has 0 aromatic heterocycles. The van der Waals surface area contributed by atoms with Gasteiger partial charge in [-0.05, 0) is 70.2 Å². The number of nitrogens with zero attached hydrogens (tertiary/aromatic N) is 1. The smallest absolute Gasteiger partial charge is 0.253 e. The van der Waals surface area contributed by atoms with Gasteiger partial charge in [0, 0.05) is 25.2 Å². The van der Waals surface area contributed by atoms with Gasteiger partial charge < -0.3 is 15.5 Å². The number of amides is 2. The highest BCUT2D eigenvalue weighted by atomic mass is 16.2. The summed E-state index contributed by atoms with van der Waals surface area (Å²) in [5.41, 5.74) is 0.204. The molecule has 2 amide bonds. The third-order valence-corrected chi connectivity index (χ3v) is 5.79. The molecule has 2 atom stereocenters. The predicted molar refractivity (Wildman–Crippen MR) is 103 cm³/mol. The maximum Gasteiger partial charge on any atom is 0.253 e. The molecule has 0 spiro atoms. The van der Waals surface area contributed by atoms with Crippen LogP contribution in [0.1, 0.15) is 49.4 Å². The second-order valence-corrected chi connectivity index (χ2v) is 8.01. The van der Waals surface area contributed by atoms with E-state index in [1.807, 2.05) is 42.2 Å². The molecule has 2 N–H and O–H groups in total. The van der Waals surface area contributed by atoms with Crippen LogP contribution in [0.5, 0.6) is 0 Å². The van der Waals surface area contributed by atoms with Crippen LogP contribution in [-0.2, 0) is 4.79 Å². The SMILES string of the molecule is CC1(C(=O)NCCC2CCCNC2)CCCN(C(=O)c2ccccc2)C1. The van der Waals surface area contributed by atoms with Gasteiger partial charge >= 0.3 is 0 Å². The fourth-order valence-corrected chi connectivity index (χ4v) is 4.14. The Bertz CT molecular complexity index is 613. The Kier molecular flexibility index (Phi) is 6.30. The molecule has 5 heteroatoms.